The minimum atomic E-state index is -1.53. The molecule has 8 nitrogen and oxygen atoms in total. The van der Waals surface area contributed by atoms with Crippen molar-refractivity contribution in [1.82, 2.24) is 15.5 Å². The number of rotatable bonds is 4. The Morgan fingerprint density at radius 2 is 2.19 bits per heavy atom. The number of hydrogen-bond acceptors (Lipinski definition) is 5. The number of carbonyl (C=O) groups excluding carboxylic acids is 1. The summed E-state index contributed by atoms with van der Waals surface area (Å²) in [6, 6.07) is 1.30. The molecule has 110 valence electrons. The van der Waals surface area contributed by atoms with Crippen molar-refractivity contribution in [1.29, 1.82) is 0 Å². The summed E-state index contributed by atoms with van der Waals surface area (Å²) in [5, 5.41) is 18.8. The molecule has 0 spiro atoms. The van der Waals surface area contributed by atoms with Crippen LogP contribution in [0.5, 0.6) is 0 Å². The lowest BCUT2D eigenvalue weighted by molar-refractivity contribution is -0.387. The minimum Gasteiger partial charge on any atom is -0.384 e. The number of amides is 1. The van der Waals surface area contributed by atoms with Crippen LogP contribution in [-0.2, 0) is 6.54 Å². The van der Waals surface area contributed by atoms with Crippen molar-refractivity contribution in [3.63, 3.8) is 0 Å². The average molecular weight is 297 g/mol. The van der Waals surface area contributed by atoms with Gasteiger partial charge in [0.2, 0.25) is 5.82 Å². The molecule has 0 aliphatic rings. The monoisotopic (exact) mass is 297 g/mol. The Kier molecular flexibility index (Phi) is 3.78. The number of aromatic nitrogens is 2. The quantitative estimate of drug-likeness (QED) is 0.575. The van der Waals surface area contributed by atoms with Gasteiger partial charge in [-0.15, -0.1) is 0 Å². The molecule has 21 heavy (non-hydrogen) atoms. The van der Waals surface area contributed by atoms with Crippen molar-refractivity contribution < 1.29 is 18.5 Å². The first kappa shape index (κ1) is 14.4. The van der Waals surface area contributed by atoms with Crippen molar-refractivity contribution in [2.24, 2.45) is 0 Å². The van der Waals surface area contributed by atoms with E-state index in [0.29, 0.717) is 17.7 Å². The van der Waals surface area contributed by atoms with E-state index in [0.717, 1.165) is 0 Å². The molecule has 0 saturated carbocycles. The van der Waals surface area contributed by atoms with Crippen LogP contribution in [0.1, 0.15) is 15.9 Å². The average Bonchev–Trinajstić information content (AvgIpc) is 2.81. The van der Waals surface area contributed by atoms with E-state index in [1.165, 1.54) is 6.20 Å². The maximum Gasteiger partial charge on any atom is 0.305 e. The number of hydrogen-bond donors (Lipinski definition) is 3. The van der Waals surface area contributed by atoms with Crippen LogP contribution in [0, 0.1) is 21.7 Å². The van der Waals surface area contributed by atoms with Crippen molar-refractivity contribution in [3.8, 4) is 0 Å². The van der Waals surface area contributed by atoms with E-state index in [1.54, 1.807) is 0 Å². The summed E-state index contributed by atoms with van der Waals surface area (Å²) in [6.45, 7) is -0.136. The number of H-pyrrole nitrogens is 1. The van der Waals surface area contributed by atoms with E-state index in [1.807, 2.05) is 0 Å². The predicted molar refractivity (Wildman–Crippen MR) is 67.2 cm³/mol. The van der Waals surface area contributed by atoms with Gasteiger partial charge in [-0.05, 0) is 6.07 Å². The number of nitrogens with zero attached hydrogens (tertiary/aromatic N) is 2. The second-order valence-electron chi connectivity index (χ2n) is 4.00. The number of halogens is 2. The van der Waals surface area contributed by atoms with Crippen LogP contribution in [0.3, 0.4) is 0 Å². The molecule has 4 N–H and O–H groups in total. The fraction of sp³-hybridized carbons (Fsp3) is 0.0909. The van der Waals surface area contributed by atoms with E-state index in [2.05, 4.69) is 15.5 Å². The molecule has 1 aromatic carbocycles. The van der Waals surface area contributed by atoms with Gasteiger partial charge in [-0.25, -0.2) is 4.39 Å². The van der Waals surface area contributed by atoms with E-state index in [-0.39, 0.29) is 12.4 Å². The first-order chi connectivity index (χ1) is 9.91. The second-order valence-corrected chi connectivity index (χ2v) is 4.00. The fourth-order valence-corrected chi connectivity index (χ4v) is 1.62. The van der Waals surface area contributed by atoms with E-state index < -0.39 is 33.7 Å². The number of anilines is 1. The van der Waals surface area contributed by atoms with Crippen molar-refractivity contribution >= 4 is 17.4 Å². The molecule has 0 aliphatic carbocycles. The molecule has 0 saturated heterocycles. The third kappa shape index (κ3) is 2.78. The molecule has 1 heterocycles. The Hall–Kier alpha value is -3.04. The molecule has 10 heteroatoms. The van der Waals surface area contributed by atoms with Gasteiger partial charge in [0.15, 0.2) is 0 Å². The molecule has 0 fully saturated rings. The molecular formula is C11H9F2N5O3. The molecule has 0 bridgehead atoms. The SMILES string of the molecule is Nc1[nH]ncc1CNC(=O)c1c(F)ccc([N+](=O)[O-])c1F. The van der Waals surface area contributed by atoms with Crippen LogP contribution >= 0.6 is 0 Å². The largest absolute Gasteiger partial charge is 0.384 e. The van der Waals surface area contributed by atoms with Gasteiger partial charge in [-0.3, -0.25) is 20.0 Å². The number of benzene rings is 1. The first-order valence-corrected chi connectivity index (χ1v) is 5.60. The zero-order valence-corrected chi connectivity index (χ0v) is 10.4. The number of nitrogens with two attached hydrogens (primary N) is 1. The molecule has 1 amide bonds. The van der Waals surface area contributed by atoms with Gasteiger partial charge in [0.1, 0.15) is 17.2 Å². The van der Waals surface area contributed by atoms with Crippen LogP contribution in [0.4, 0.5) is 20.3 Å². The van der Waals surface area contributed by atoms with Crippen LogP contribution in [0.2, 0.25) is 0 Å². The molecule has 2 rings (SSSR count). The number of aromatic amines is 1. The summed E-state index contributed by atoms with van der Waals surface area (Å²) >= 11 is 0. The number of nitro groups is 1. The summed E-state index contributed by atoms with van der Waals surface area (Å²) in [4.78, 5) is 21.3. The summed E-state index contributed by atoms with van der Waals surface area (Å²) < 4.78 is 27.3. The molecule has 0 unspecified atom stereocenters. The smallest absolute Gasteiger partial charge is 0.305 e. The van der Waals surface area contributed by atoms with Crippen molar-refractivity contribution in [2.45, 2.75) is 6.54 Å². The normalized spacial score (nSPS) is 10.4. The third-order valence-corrected chi connectivity index (χ3v) is 2.69. The molecule has 0 radical (unpaired) electrons. The molecule has 0 atom stereocenters. The lowest BCUT2D eigenvalue weighted by Crippen LogP contribution is -2.25. The number of nitrogens with one attached hydrogen (secondary N) is 2. The van der Waals surface area contributed by atoms with Gasteiger partial charge in [0, 0.05) is 18.2 Å². The Bertz CT molecular complexity index is 716. The minimum absolute atomic E-state index is 0.136. The van der Waals surface area contributed by atoms with Crippen molar-refractivity contribution in [2.75, 3.05) is 5.73 Å². The Morgan fingerprint density at radius 1 is 1.48 bits per heavy atom. The summed E-state index contributed by atoms with van der Waals surface area (Å²) in [7, 11) is 0. The van der Waals surface area contributed by atoms with Crippen LogP contribution in [-0.4, -0.2) is 21.0 Å². The molecular weight excluding hydrogens is 288 g/mol. The maximum absolute atomic E-state index is 13.8. The van der Waals surface area contributed by atoms with Gasteiger partial charge in [0.05, 0.1) is 11.1 Å². The number of nitro benzene ring substituents is 1. The topological polar surface area (TPSA) is 127 Å². The maximum atomic E-state index is 13.8. The summed E-state index contributed by atoms with van der Waals surface area (Å²) in [5.41, 5.74) is 3.89. The Labute approximate surface area is 116 Å². The van der Waals surface area contributed by atoms with Crippen LogP contribution in [0.15, 0.2) is 18.3 Å². The third-order valence-electron chi connectivity index (χ3n) is 2.69. The van der Waals surface area contributed by atoms with Gasteiger partial charge in [-0.2, -0.15) is 9.49 Å². The van der Waals surface area contributed by atoms with Crippen molar-refractivity contribution in [3.05, 3.63) is 51.2 Å². The number of nitrogen functional groups attached to an aromatic ring is 1. The Morgan fingerprint density at radius 3 is 2.76 bits per heavy atom. The van der Waals surface area contributed by atoms with Crippen LogP contribution in [0.25, 0.3) is 0 Å². The second kappa shape index (κ2) is 5.53. The first-order valence-electron chi connectivity index (χ1n) is 5.60. The molecule has 0 aliphatic heterocycles. The zero-order valence-electron chi connectivity index (χ0n) is 10.4. The summed E-state index contributed by atoms with van der Waals surface area (Å²) in [5.74, 6) is -3.67. The van der Waals surface area contributed by atoms with Gasteiger partial charge < -0.3 is 11.1 Å². The molecule has 1 aromatic heterocycles. The Balaban J connectivity index is 2.25. The van der Waals surface area contributed by atoms with E-state index in [4.69, 9.17) is 5.73 Å². The zero-order chi connectivity index (χ0) is 15.6. The molecule has 2 aromatic rings. The highest BCUT2D eigenvalue weighted by atomic mass is 19.1. The van der Waals surface area contributed by atoms with E-state index in [9.17, 15) is 23.7 Å². The highest BCUT2D eigenvalue weighted by Crippen LogP contribution is 2.23. The van der Waals surface area contributed by atoms with Gasteiger partial charge >= 0.3 is 5.69 Å². The highest BCUT2D eigenvalue weighted by molar-refractivity contribution is 5.95. The van der Waals surface area contributed by atoms with E-state index >= 15 is 0 Å². The predicted octanol–water partition coefficient (Wildman–Crippen LogP) is 1.11. The van der Waals surface area contributed by atoms with Crippen LogP contribution < -0.4 is 11.1 Å². The number of carbonyl (C=O) groups is 1. The highest BCUT2D eigenvalue weighted by Gasteiger charge is 2.26. The lowest BCUT2D eigenvalue weighted by atomic mass is 10.1. The summed E-state index contributed by atoms with van der Waals surface area (Å²) in [6.07, 6.45) is 1.33. The van der Waals surface area contributed by atoms with Gasteiger partial charge in [0.25, 0.3) is 5.91 Å². The van der Waals surface area contributed by atoms with Gasteiger partial charge in [-0.1, -0.05) is 0 Å². The fourth-order valence-electron chi connectivity index (χ4n) is 1.62. The lowest BCUT2D eigenvalue weighted by Gasteiger charge is -2.06. The standard InChI is InChI=1S/C11H9F2N5O3/c12-6-1-2-7(18(20)21)9(13)8(6)11(19)15-3-5-4-16-17-10(5)14/h1-2,4H,3H2,(H,15,19)(H3,14,16,17).